The minimum Gasteiger partial charge on any atom is -0.339 e. The van der Waals surface area contributed by atoms with Crippen LogP contribution in [0.25, 0.3) is 0 Å². The van der Waals surface area contributed by atoms with Gasteiger partial charge in [-0.15, -0.1) is 0 Å². The lowest BCUT2D eigenvalue weighted by Gasteiger charge is -2.29. The first-order chi connectivity index (χ1) is 9.41. The SMILES string of the molecule is N#CC1CCN(C(=O)c2ccc(C(F)(F)F)nc2)CC1. The van der Waals surface area contributed by atoms with Crippen LogP contribution < -0.4 is 0 Å². The highest BCUT2D eigenvalue weighted by molar-refractivity contribution is 5.94. The normalized spacial score (nSPS) is 16.8. The van der Waals surface area contributed by atoms with Crippen molar-refractivity contribution in [3.63, 3.8) is 0 Å². The largest absolute Gasteiger partial charge is 0.433 e. The van der Waals surface area contributed by atoms with Gasteiger partial charge < -0.3 is 4.90 Å². The Bertz CT molecular complexity index is 525. The summed E-state index contributed by atoms with van der Waals surface area (Å²) >= 11 is 0. The van der Waals surface area contributed by atoms with Gasteiger partial charge in [0.15, 0.2) is 0 Å². The zero-order valence-electron chi connectivity index (χ0n) is 10.5. The second-order valence-corrected chi connectivity index (χ2v) is 4.63. The summed E-state index contributed by atoms with van der Waals surface area (Å²) in [6.07, 6.45) is -2.37. The van der Waals surface area contributed by atoms with Crippen LogP contribution in [0.3, 0.4) is 0 Å². The molecule has 1 saturated heterocycles. The van der Waals surface area contributed by atoms with Crippen LogP contribution in [0.15, 0.2) is 18.3 Å². The Balaban J connectivity index is 2.05. The molecule has 0 spiro atoms. The van der Waals surface area contributed by atoms with Gasteiger partial charge in [-0.1, -0.05) is 0 Å². The third kappa shape index (κ3) is 3.07. The van der Waals surface area contributed by atoms with Crippen molar-refractivity contribution in [1.82, 2.24) is 9.88 Å². The molecule has 2 rings (SSSR count). The van der Waals surface area contributed by atoms with Crippen molar-refractivity contribution in [2.45, 2.75) is 19.0 Å². The molecule has 1 aliphatic heterocycles. The molecule has 0 atom stereocenters. The summed E-state index contributed by atoms with van der Waals surface area (Å²) in [5.41, 5.74) is -0.884. The lowest BCUT2D eigenvalue weighted by Crippen LogP contribution is -2.38. The van der Waals surface area contributed by atoms with Gasteiger partial charge in [-0.3, -0.25) is 9.78 Å². The number of nitriles is 1. The van der Waals surface area contributed by atoms with E-state index in [0.717, 1.165) is 18.3 Å². The summed E-state index contributed by atoms with van der Waals surface area (Å²) in [5, 5.41) is 8.77. The lowest BCUT2D eigenvalue weighted by molar-refractivity contribution is -0.141. The molecular weight excluding hydrogens is 271 g/mol. The van der Waals surface area contributed by atoms with Gasteiger partial charge in [0, 0.05) is 25.2 Å². The molecule has 0 aromatic carbocycles. The minimum absolute atomic E-state index is 0.0511. The van der Waals surface area contributed by atoms with E-state index in [9.17, 15) is 18.0 Å². The number of pyridine rings is 1. The van der Waals surface area contributed by atoms with Crippen LogP contribution in [0.4, 0.5) is 13.2 Å². The summed E-state index contributed by atoms with van der Waals surface area (Å²) in [6.45, 7) is 0.885. The minimum atomic E-state index is -4.51. The predicted molar refractivity (Wildman–Crippen MR) is 63.5 cm³/mol. The molecule has 0 unspecified atom stereocenters. The van der Waals surface area contributed by atoms with Crippen LogP contribution >= 0.6 is 0 Å². The van der Waals surface area contributed by atoms with Crippen molar-refractivity contribution < 1.29 is 18.0 Å². The standard InChI is InChI=1S/C13H12F3N3O/c14-13(15,16)11-2-1-10(8-18-11)12(20)19-5-3-9(7-17)4-6-19/h1-2,8-9H,3-6H2. The number of aromatic nitrogens is 1. The number of hydrogen-bond acceptors (Lipinski definition) is 3. The van der Waals surface area contributed by atoms with Crippen LogP contribution in [0, 0.1) is 17.2 Å². The Morgan fingerprint density at radius 1 is 1.35 bits per heavy atom. The van der Waals surface area contributed by atoms with Crippen LogP contribution in [-0.2, 0) is 6.18 Å². The molecule has 0 aliphatic carbocycles. The highest BCUT2D eigenvalue weighted by Crippen LogP contribution is 2.27. The van der Waals surface area contributed by atoms with E-state index in [0.29, 0.717) is 25.9 Å². The fourth-order valence-corrected chi connectivity index (χ4v) is 2.08. The Labute approximate surface area is 113 Å². The molecule has 1 amide bonds. The third-order valence-corrected chi connectivity index (χ3v) is 3.27. The first-order valence-corrected chi connectivity index (χ1v) is 6.14. The summed E-state index contributed by atoms with van der Waals surface area (Å²) in [4.78, 5) is 16.9. The Hall–Kier alpha value is -2.10. The maximum atomic E-state index is 12.4. The van der Waals surface area contributed by atoms with Gasteiger partial charge in [-0.25, -0.2) is 0 Å². The number of alkyl halides is 3. The second-order valence-electron chi connectivity index (χ2n) is 4.63. The number of rotatable bonds is 1. The van der Waals surface area contributed by atoms with E-state index >= 15 is 0 Å². The van der Waals surface area contributed by atoms with E-state index in [1.807, 2.05) is 0 Å². The maximum Gasteiger partial charge on any atom is 0.433 e. The number of piperidine rings is 1. The highest BCUT2D eigenvalue weighted by Gasteiger charge is 2.32. The molecule has 0 bridgehead atoms. The second kappa shape index (κ2) is 5.49. The van der Waals surface area contributed by atoms with Crippen LogP contribution in [0.5, 0.6) is 0 Å². The number of nitrogens with zero attached hydrogens (tertiary/aromatic N) is 3. The van der Waals surface area contributed by atoms with Crippen molar-refractivity contribution in [3.05, 3.63) is 29.6 Å². The van der Waals surface area contributed by atoms with Crippen molar-refractivity contribution in [3.8, 4) is 6.07 Å². The Morgan fingerprint density at radius 3 is 2.45 bits per heavy atom. The fourth-order valence-electron chi connectivity index (χ4n) is 2.08. The van der Waals surface area contributed by atoms with Gasteiger partial charge in [0.2, 0.25) is 0 Å². The lowest BCUT2D eigenvalue weighted by atomic mass is 9.98. The average molecular weight is 283 g/mol. The van der Waals surface area contributed by atoms with E-state index in [4.69, 9.17) is 5.26 Å². The summed E-state index contributed by atoms with van der Waals surface area (Å²) in [5.74, 6) is -0.396. The Kier molecular flexibility index (Phi) is 3.93. The van der Waals surface area contributed by atoms with Crippen molar-refractivity contribution in [2.24, 2.45) is 5.92 Å². The van der Waals surface area contributed by atoms with E-state index in [-0.39, 0.29) is 17.4 Å². The molecule has 2 heterocycles. The zero-order chi connectivity index (χ0) is 14.8. The highest BCUT2D eigenvalue weighted by atomic mass is 19.4. The third-order valence-electron chi connectivity index (χ3n) is 3.27. The maximum absolute atomic E-state index is 12.4. The summed E-state index contributed by atoms with van der Waals surface area (Å²) in [6, 6.07) is 4.09. The fraction of sp³-hybridized carbons (Fsp3) is 0.462. The monoisotopic (exact) mass is 283 g/mol. The predicted octanol–water partition coefficient (Wildman–Crippen LogP) is 2.48. The molecule has 0 saturated carbocycles. The molecule has 7 heteroatoms. The van der Waals surface area contributed by atoms with Crippen molar-refractivity contribution >= 4 is 5.91 Å². The van der Waals surface area contributed by atoms with Gasteiger partial charge in [0.05, 0.1) is 11.6 Å². The number of amides is 1. The van der Waals surface area contributed by atoms with E-state index < -0.39 is 11.9 Å². The molecule has 0 radical (unpaired) electrons. The molecule has 1 aromatic rings. The van der Waals surface area contributed by atoms with Crippen LogP contribution in [-0.4, -0.2) is 28.9 Å². The number of carbonyl (C=O) groups excluding carboxylic acids is 1. The van der Waals surface area contributed by atoms with Crippen LogP contribution in [0.2, 0.25) is 0 Å². The van der Waals surface area contributed by atoms with E-state index in [1.165, 1.54) is 4.90 Å². The van der Waals surface area contributed by atoms with Crippen molar-refractivity contribution in [1.29, 1.82) is 5.26 Å². The molecule has 0 N–H and O–H groups in total. The quantitative estimate of drug-likeness (QED) is 0.795. The van der Waals surface area contributed by atoms with Gasteiger partial charge in [-0.2, -0.15) is 18.4 Å². The topological polar surface area (TPSA) is 57.0 Å². The Morgan fingerprint density at radius 2 is 2.00 bits per heavy atom. The summed E-state index contributed by atoms with van der Waals surface area (Å²) in [7, 11) is 0. The first-order valence-electron chi connectivity index (χ1n) is 6.14. The van der Waals surface area contributed by atoms with Gasteiger partial charge in [-0.05, 0) is 25.0 Å². The van der Waals surface area contributed by atoms with Gasteiger partial charge in [0.1, 0.15) is 5.69 Å². The molecule has 1 aromatic heterocycles. The smallest absolute Gasteiger partial charge is 0.339 e. The zero-order valence-corrected chi connectivity index (χ0v) is 10.5. The first kappa shape index (κ1) is 14.3. The van der Waals surface area contributed by atoms with E-state index in [1.54, 1.807) is 0 Å². The molecule has 1 aliphatic rings. The number of carbonyl (C=O) groups is 1. The van der Waals surface area contributed by atoms with Crippen molar-refractivity contribution in [2.75, 3.05) is 13.1 Å². The molecular formula is C13H12F3N3O. The number of halogens is 3. The van der Waals surface area contributed by atoms with Crippen LogP contribution in [0.1, 0.15) is 28.9 Å². The molecule has 1 fully saturated rings. The van der Waals surface area contributed by atoms with Gasteiger partial charge in [0.25, 0.3) is 5.91 Å². The summed E-state index contributed by atoms with van der Waals surface area (Å²) < 4.78 is 37.1. The van der Waals surface area contributed by atoms with Gasteiger partial charge >= 0.3 is 6.18 Å². The molecule has 106 valence electrons. The molecule has 4 nitrogen and oxygen atoms in total. The van der Waals surface area contributed by atoms with E-state index in [2.05, 4.69) is 11.1 Å². The average Bonchev–Trinajstić information content (AvgIpc) is 2.46. The molecule has 20 heavy (non-hydrogen) atoms. The number of hydrogen-bond donors (Lipinski definition) is 0. The number of likely N-dealkylation sites (tertiary alicyclic amines) is 1.